The number of H-pyrrole nitrogens is 2. The van der Waals surface area contributed by atoms with Crippen LogP contribution in [0.3, 0.4) is 0 Å². The van der Waals surface area contributed by atoms with E-state index in [9.17, 15) is 0 Å². The maximum absolute atomic E-state index is 5.45. The van der Waals surface area contributed by atoms with Crippen molar-refractivity contribution in [3.8, 4) is 17.0 Å². The minimum atomic E-state index is 0.351. The standard InChI is InChI=1S/C21H21N5O/c1-11(2)26-10-17(14-7-13(27-4)5-6-19(14)26)18-8-15-20-16(9-22-25-20)12(3)23-21(15)24-18/h5-11,22,25H,1-4H3. The SMILES string of the molecule is COc1ccc2c(c1)c(-c1cc3c(n1)nc(C)c1c[nH][nH]c13)cn2C(C)C. The Morgan fingerprint density at radius 2 is 1.93 bits per heavy atom. The van der Waals surface area contributed by atoms with E-state index in [2.05, 4.69) is 53.0 Å². The highest BCUT2D eigenvalue weighted by Crippen LogP contribution is 2.36. The molecule has 0 saturated heterocycles. The number of hydrogen-bond acceptors (Lipinski definition) is 3. The zero-order valence-electron chi connectivity index (χ0n) is 15.8. The second-order valence-electron chi connectivity index (χ2n) is 7.21. The lowest BCUT2D eigenvalue weighted by atomic mass is 10.1. The van der Waals surface area contributed by atoms with Crippen molar-refractivity contribution in [2.45, 2.75) is 26.8 Å². The third-order valence-electron chi connectivity index (χ3n) is 5.24. The van der Waals surface area contributed by atoms with Crippen LogP contribution in [0.5, 0.6) is 5.75 Å². The summed E-state index contributed by atoms with van der Waals surface area (Å²) in [5.41, 5.74) is 5.97. The molecule has 0 atom stereocenters. The number of aryl methyl sites for hydroxylation is 1. The van der Waals surface area contributed by atoms with Crippen LogP contribution in [-0.4, -0.2) is 31.8 Å². The van der Waals surface area contributed by atoms with Gasteiger partial charge in [0.1, 0.15) is 5.75 Å². The van der Waals surface area contributed by atoms with Gasteiger partial charge in [0.15, 0.2) is 5.65 Å². The quantitative estimate of drug-likeness (QED) is 0.478. The second kappa shape index (κ2) is 5.61. The van der Waals surface area contributed by atoms with E-state index in [1.165, 1.54) is 5.52 Å². The van der Waals surface area contributed by atoms with Crippen LogP contribution in [0.25, 0.3) is 44.1 Å². The molecule has 0 saturated carbocycles. The van der Waals surface area contributed by atoms with Gasteiger partial charge in [-0.1, -0.05) is 0 Å². The Kier molecular flexibility index (Phi) is 3.31. The van der Waals surface area contributed by atoms with Gasteiger partial charge in [0.05, 0.1) is 24.0 Å². The predicted molar refractivity (Wildman–Crippen MR) is 108 cm³/mol. The summed E-state index contributed by atoms with van der Waals surface area (Å²) in [6.07, 6.45) is 4.13. The maximum Gasteiger partial charge on any atom is 0.162 e. The number of aromatic nitrogens is 5. The number of rotatable bonds is 3. The fourth-order valence-electron chi connectivity index (χ4n) is 3.84. The first-order valence-electron chi connectivity index (χ1n) is 9.08. The first-order chi connectivity index (χ1) is 13.1. The van der Waals surface area contributed by atoms with Gasteiger partial charge >= 0.3 is 0 Å². The summed E-state index contributed by atoms with van der Waals surface area (Å²) in [4.78, 5) is 9.55. The third-order valence-corrected chi connectivity index (χ3v) is 5.24. The monoisotopic (exact) mass is 359 g/mol. The topological polar surface area (TPSA) is 71.5 Å². The van der Waals surface area contributed by atoms with Crippen LogP contribution in [0.15, 0.2) is 36.7 Å². The summed E-state index contributed by atoms with van der Waals surface area (Å²) < 4.78 is 7.73. The number of benzene rings is 1. The molecular formula is C21H21N5O. The zero-order chi connectivity index (χ0) is 18.7. The molecule has 0 aliphatic carbocycles. The number of nitrogens with one attached hydrogen (secondary N) is 2. The van der Waals surface area contributed by atoms with Crippen LogP contribution in [0.4, 0.5) is 0 Å². The Bertz CT molecular complexity index is 1300. The molecule has 0 fully saturated rings. The van der Waals surface area contributed by atoms with E-state index in [4.69, 9.17) is 14.7 Å². The van der Waals surface area contributed by atoms with Gasteiger partial charge in [0, 0.05) is 45.7 Å². The fraction of sp³-hybridized carbons (Fsp3) is 0.238. The van der Waals surface area contributed by atoms with Crippen LogP contribution >= 0.6 is 0 Å². The minimum absolute atomic E-state index is 0.351. The lowest BCUT2D eigenvalue weighted by Crippen LogP contribution is -1.97. The summed E-state index contributed by atoms with van der Waals surface area (Å²) >= 11 is 0. The molecular weight excluding hydrogens is 338 g/mol. The molecule has 136 valence electrons. The number of methoxy groups -OCH3 is 1. The van der Waals surface area contributed by atoms with E-state index in [1.807, 2.05) is 19.2 Å². The van der Waals surface area contributed by atoms with Gasteiger partial charge in [-0.15, -0.1) is 0 Å². The van der Waals surface area contributed by atoms with Gasteiger partial charge in [-0.3, -0.25) is 5.10 Å². The van der Waals surface area contributed by atoms with Crippen LogP contribution in [0.2, 0.25) is 0 Å². The number of nitrogens with zero attached hydrogens (tertiary/aromatic N) is 3. The first kappa shape index (κ1) is 15.9. The highest BCUT2D eigenvalue weighted by molar-refractivity contribution is 6.06. The molecule has 0 aliphatic rings. The van der Waals surface area contributed by atoms with Gasteiger partial charge in [-0.2, -0.15) is 0 Å². The Hall–Kier alpha value is -3.28. The van der Waals surface area contributed by atoms with Crippen molar-refractivity contribution in [3.05, 3.63) is 42.4 Å². The van der Waals surface area contributed by atoms with E-state index in [0.717, 1.165) is 50.0 Å². The van der Waals surface area contributed by atoms with Gasteiger partial charge in [0.2, 0.25) is 0 Å². The third kappa shape index (κ3) is 2.26. The average Bonchev–Trinajstić information content (AvgIpc) is 3.36. The van der Waals surface area contributed by atoms with Gasteiger partial charge in [-0.05, 0) is 45.0 Å². The number of ether oxygens (including phenoxy) is 1. The molecule has 0 radical (unpaired) electrons. The summed E-state index contributed by atoms with van der Waals surface area (Å²) in [6.45, 7) is 6.38. The zero-order valence-corrected chi connectivity index (χ0v) is 15.8. The minimum Gasteiger partial charge on any atom is -0.497 e. The molecule has 5 aromatic rings. The Labute approximate surface area is 156 Å². The normalized spacial score (nSPS) is 12.0. The van der Waals surface area contributed by atoms with E-state index < -0.39 is 0 Å². The fourth-order valence-corrected chi connectivity index (χ4v) is 3.84. The molecule has 0 bridgehead atoms. The molecule has 5 rings (SSSR count). The van der Waals surface area contributed by atoms with E-state index in [1.54, 1.807) is 7.11 Å². The van der Waals surface area contributed by atoms with Crippen LogP contribution < -0.4 is 4.74 Å². The van der Waals surface area contributed by atoms with E-state index in [0.29, 0.717) is 6.04 Å². The van der Waals surface area contributed by atoms with Crippen molar-refractivity contribution in [3.63, 3.8) is 0 Å². The first-order valence-corrected chi connectivity index (χ1v) is 9.08. The highest BCUT2D eigenvalue weighted by atomic mass is 16.5. The Balaban J connectivity index is 1.82. The predicted octanol–water partition coefficient (Wildman–Crippen LogP) is 4.96. The molecule has 6 nitrogen and oxygen atoms in total. The van der Waals surface area contributed by atoms with Crippen molar-refractivity contribution < 1.29 is 4.74 Å². The smallest absolute Gasteiger partial charge is 0.162 e. The van der Waals surface area contributed by atoms with Crippen molar-refractivity contribution >= 4 is 32.8 Å². The summed E-state index contributed by atoms with van der Waals surface area (Å²) in [6, 6.07) is 8.67. The summed E-state index contributed by atoms with van der Waals surface area (Å²) in [5.74, 6) is 0.844. The van der Waals surface area contributed by atoms with E-state index in [-0.39, 0.29) is 0 Å². The van der Waals surface area contributed by atoms with Gasteiger partial charge in [-0.25, -0.2) is 9.97 Å². The summed E-state index contributed by atoms with van der Waals surface area (Å²) in [7, 11) is 1.69. The van der Waals surface area contributed by atoms with Crippen LogP contribution in [0.1, 0.15) is 25.6 Å². The second-order valence-corrected chi connectivity index (χ2v) is 7.21. The van der Waals surface area contributed by atoms with Gasteiger partial charge < -0.3 is 14.4 Å². The van der Waals surface area contributed by atoms with E-state index >= 15 is 0 Å². The molecule has 0 unspecified atom stereocenters. The van der Waals surface area contributed by atoms with Gasteiger partial charge in [0.25, 0.3) is 0 Å². The van der Waals surface area contributed by atoms with Crippen LogP contribution in [0, 0.1) is 6.92 Å². The lowest BCUT2D eigenvalue weighted by molar-refractivity contribution is 0.415. The largest absolute Gasteiger partial charge is 0.497 e. The Morgan fingerprint density at radius 3 is 2.70 bits per heavy atom. The molecule has 1 aromatic carbocycles. The molecule has 0 aliphatic heterocycles. The number of aromatic amines is 2. The molecule has 0 amide bonds. The van der Waals surface area contributed by atoms with Crippen molar-refractivity contribution in [1.82, 2.24) is 24.7 Å². The number of pyridine rings is 1. The molecule has 2 N–H and O–H groups in total. The Morgan fingerprint density at radius 1 is 1.07 bits per heavy atom. The van der Waals surface area contributed by atoms with Crippen molar-refractivity contribution in [1.29, 1.82) is 0 Å². The molecule has 4 aromatic heterocycles. The highest BCUT2D eigenvalue weighted by Gasteiger charge is 2.18. The molecule has 27 heavy (non-hydrogen) atoms. The maximum atomic E-state index is 5.45. The van der Waals surface area contributed by atoms with Crippen molar-refractivity contribution in [2.75, 3.05) is 7.11 Å². The molecule has 0 spiro atoms. The number of fused-ring (bicyclic) bond motifs is 4. The summed E-state index contributed by atoms with van der Waals surface area (Å²) in [5, 5.41) is 9.54. The lowest BCUT2D eigenvalue weighted by Gasteiger charge is -2.09. The van der Waals surface area contributed by atoms with Crippen molar-refractivity contribution in [2.24, 2.45) is 0 Å². The molecule has 6 heteroatoms. The molecule has 4 heterocycles. The average molecular weight is 359 g/mol. The number of hydrogen-bond donors (Lipinski definition) is 2. The van der Waals surface area contributed by atoms with Crippen LogP contribution in [-0.2, 0) is 0 Å².